The van der Waals surface area contributed by atoms with Crippen LogP contribution in [0.25, 0.3) is 0 Å². The number of rotatable bonds is 7. The average Bonchev–Trinajstić information content (AvgIpc) is 2.37. The van der Waals surface area contributed by atoms with Crippen molar-refractivity contribution in [2.75, 3.05) is 26.2 Å². The summed E-state index contributed by atoms with van der Waals surface area (Å²) in [5.41, 5.74) is -0.472. The van der Waals surface area contributed by atoms with Gasteiger partial charge in [-0.15, -0.1) is 0 Å². The van der Waals surface area contributed by atoms with Crippen molar-refractivity contribution in [3.63, 3.8) is 0 Å². The number of amides is 1. The van der Waals surface area contributed by atoms with Gasteiger partial charge in [-0.25, -0.2) is 4.79 Å². The Morgan fingerprint density at radius 2 is 1.86 bits per heavy atom. The maximum Gasteiger partial charge on any atom is 0.407 e. The Bertz CT molecular complexity index is 346. The highest BCUT2D eigenvalue weighted by atomic mass is 16.6. The van der Waals surface area contributed by atoms with E-state index >= 15 is 0 Å². The lowest BCUT2D eigenvalue weighted by Crippen LogP contribution is -2.42. The monoisotopic (exact) mass is 298 g/mol. The molecule has 0 fully saturated rings. The maximum absolute atomic E-state index is 11.5. The first kappa shape index (κ1) is 19.3. The van der Waals surface area contributed by atoms with Gasteiger partial charge >= 0.3 is 6.09 Å². The van der Waals surface area contributed by atoms with Crippen LogP contribution in [-0.4, -0.2) is 43.8 Å². The maximum atomic E-state index is 11.5. The fourth-order valence-corrected chi connectivity index (χ4v) is 1.42. The summed E-state index contributed by atoms with van der Waals surface area (Å²) in [4.78, 5) is 15.9. The molecule has 0 aliphatic heterocycles. The minimum absolute atomic E-state index is 0.403. The molecule has 0 aromatic carbocycles. The molecule has 0 unspecified atom stereocenters. The van der Waals surface area contributed by atoms with Crippen LogP contribution in [0.15, 0.2) is 17.1 Å². The highest BCUT2D eigenvalue weighted by Crippen LogP contribution is 2.05. The number of carbonyl (C=O) groups is 1. The Kier molecular flexibility index (Phi) is 10.1. The standard InChI is InChI=1S/C15H30N4O2/c1-6-8-9-10-17-13(16-7-2)18-11-12-19-14(20)21-15(3,4)5/h6,8H,7,9-12H2,1-5H3,(H,19,20)(H2,16,17,18). The number of nitrogens with zero attached hydrogens (tertiary/aromatic N) is 1. The van der Waals surface area contributed by atoms with Crippen LogP contribution < -0.4 is 16.0 Å². The Labute approximate surface area is 128 Å². The van der Waals surface area contributed by atoms with Crippen molar-refractivity contribution in [1.29, 1.82) is 0 Å². The van der Waals surface area contributed by atoms with E-state index in [1.54, 1.807) is 0 Å². The van der Waals surface area contributed by atoms with Gasteiger partial charge in [-0.1, -0.05) is 12.2 Å². The van der Waals surface area contributed by atoms with E-state index in [0.717, 1.165) is 25.5 Å². The molecule has 6 nitrogen and oxygen atoms in total. The van der Waals surface area contributed by atoms with Crippen LogP contribution in [0.3, 0.4) is 0 Å². The number of ether oxygens (including phenoxy) is 1. The number of carbonyl (C=O) groups excluding carboxylic acids is 1. The van der Waals surface area contributed by atoms with E-state index < -0.39 is 11.7 Å². The second-order valence-corrected chi connectivity index (χ2v) is 5.47. The molecule has 21 heavy (non-hydrogen) atoms. The van der Waals surface area contributed by atoms with E-state index in [2.05, 4.69) is 27.0 Å². The molecule has 0 saturated carbocycles. The summed E-state index contributed by atoms with van der Waals surface area (Å²) in [6.07, 6.45) is 4.61. The molecule has 6 heteroatoms. The lowest BCUT2D eigenvalue weighted by molar-refractivity contribution is 0.0529. The molecule has 0 saturated heterocycles. The molecule has 0 spiro atoms. The molecular weight excluding hydrogens is 268 g/mol. The Hall–Kier alpha value is -1.72. The number of nitrogens with one attached hydrogen (secondary N) is 3. The lowest BCUT2D eigenvalue weighted by Gasteiger charge is -2.19. The van der Waals surface area contributed by atoms with Crippen LogP contribution in [0.2, 0.25) is 0 Å². The predicted molar refractivity (Wildman–Crippen MR) is 87.6 cm³/mol. The summed E-state index contributed by atoms with van der Waals surface area (Å²) in [6.45, 7) is 12.1. The van der Waals surface area contributed by atoms with E-state index in [4.69, 9.17) is 4.74 Å². The molecule has 0 aliphatic carbocycles. The Morgan fingerprint density at radius 3 is 2.43 bits per heavy atom. The van der Waals surface area contributed by atoms with Crippen LogP contribution in [0.5, 0.6) is 0 Å². The zero-order valence-corrected chi connectivity index (χ0v) is 14.0. The smallest absolute Gasteiger partial charge is 0.407 e. The first-order chi connectivity index (χ1) is 9.89. The zero-order chi connectivity index (χ0) is 16.1. The SMILES string of the molecule is CC=CCCN=C(NCC)NCCNC(=O)OC(C)(C)C. The van der Waals surface area contributed by atoms with Crippen molar-refractivity contribution in [2.24, 2.45) is 4.99 Å². The van der Waals surface area contributed by atoms with Gasteiger partial charge in [0.1, 0.15) is 5.60 Å². The van der Waals surface area contributed by atoms with Crippen LogP contribution >= 0.6 is 0 Å². The molecule has 3 N–H and O–H groups in total. The predicted octanol–water partition coefficient (Wildman–Crippen LogP) is 2.03. The van der Waals surface area contributed by atoms with Gasteiger partial charge in [0.25, 0.3) is 0 Å². The van der Waals surface area contributed by atoms with Gasteiger partial charge in [-0.2, -0.15) is 0 Å². The largest absolute Gasteiger partial charge is 0.444 e. The van der Waals surface area contributed by atoms with E-state index in [-0.39, 0.29) is 0 Å². The molecule has 0 aliphatic rings. The van der Waals surface area contributed by atoms with Crippen LogP contribution in [0.1, 0.15) is 41.0 Å². The van der Waals surface area contributed by atoms with Crippen LogP contribution in [0, 0.1) is 0 Å². The first-order valence-electron chi connectivity index (χ1n) is 7.49. The van der Waals surface area contributed by atoms with Crippen molar-refractivity contribution in [2.45, 2.75) is 46.6 Å². The second kappa shape index (κ2) is 11.0. The average molecular weight is 298 g/mol. The molecule has 0 aromatic heterocycles. The lowest BCUT2D eigenvalue weighted by atomic mass is 10.2. The van der Waals surface area contributed by atoms with Gasteiger partial charge in [0.2, 0.25) is 0 Å². The molecule has 1 amide bonds. The highest BCUT2D eigenvalue weighted by molar-refractivity contribution is 5.79. The normalized spacial score (nSPS) is 12.3. The van der Waals surface area contributed by atoms with E-state index in [1.807, 2.05) is 40.7 Å². The molecule has 0 aromatic rings. The summed E-state index contributed by atoms with van der Waals surface area (Å²) in [7, 11) is 0. The quantitative estimate of drug-likeness (QED) is 0.291. The number of guanidine groups is 1. The number of alkyl carbamates (subject to hydrolysis) is 1. The molecule has 0 radical (unpaired) electrons. The molecule has 0 atom stereocenters. The van der Waals surface area contributed by atoms with Crippen molar-refractivity contribution in [1.82, 2.24) is 16.0 Å². The Morgan fingerprint density at radius 1 is 1.19 bits per heavy atom. The van der Waals surface area contributed by atoms with Crippen LogP contribution in [-0.2, 0) is 4.74 Å². The van der Waals surface area contributed by atoms with E-state index in [1.165, 1.54) is 0 Å². The van der Waals surface area contributed by atoms with Crippen molar-refractivity contribution >= 4 is 12.1 Å². The van der Waals surface area contributed by atoms with Gasteiger partial charge in [0, 0.05) is 26.2 Å². The van der Waals surface area contributed by atoms with Crippen LogP contribution in [0.4, 0.5) is 4.79 Å². The van der Waals surface area contributed by atoms with Gasteiger partial charge in [-0.05, 0) is 41.0 Å². The Balaban J connectivity index is 3.95. The van der Waals surface area contributed by atoms with Gasteiger partial charge in [0.05, 0.1) is 0 Å². The highest BCUT2D eigenvalue weighted by Gasteiger charge is 2.15. The van der Waals surface area contributed by atoms with Gasteiger partial charge in [0.15, 0.2) is 5.96 Å². The third kappa shape index (κ3) is 13.0. The molecular formula is C15H30N4O2. The molecule has 0 heterocycles. The van der Waals surface area contributed by atoms with Crippen molar-refractivity contribution < 1.29 is 9.53 Å². The van der Waals surface area contributed by atoms with E-state index in [9.17, 15) is 4.79 Å². The summed E-state index contributed by atoms with van der Waals surface area (Å²) in [5.74, 6) is 0.757. The summed E-state index contributed by atoms with van der Waals surface area (Å²) in [6, 6.07) is 0. The first-order valence-corrected chi connectivity index (χ1v) is 7.49. The second-order valence-electron chi connectivity index (χ2n) is 5.47. The summed E-state index contributed by atoms with van der Waals surface area (Å²) < 4.78 is 5.15. The number of aliphatic imine (C=N–C) groups is 1. The fourth-order valence-electron chi connectivity index (χ4n) is 1.42. The fraction of sp³-hybridized carbons (Fsp3) is 0.733. The van der Waals surface area contributed by atoms with Gasteiger partial charge in [-0.3, -0.25) is 4.99 Å². The molecule has 0 bridgehead atoms. The third-order valence-corrected chi connectivity index (χ3v) is 2.23. The van der Waals surface area contributed by atoms with Crippen molar-refractivity contribution in [3.05, 3.63) is 12.2 Å². The topological polar surface area (TPSA) is 74.8 Å². The summed E-state index contributed by atoms with van der Waals surface area (Å²) in [5, 5.41) is 9.01. The molecule has 0 rings (SSSR count). The third-order valence-electron chi connectivity index (χ3n) is 2.23. The summed E-state index contributed by atoms with van der Waals surface area (Å²) >= 11 is 0. The number of allylic oxidation sites excluding steroid dienone is 1. The number of hydrogen-bond acceptors (Lipinski definition) is 3. The van der Waals surface area contributed by atoms with Gasteiger partial charge < -0.3 is 20.7 Å². The van der Waals surface area contributed by atoms with Crippen molar-refractivity contribution in [3.8, 4) is 0 Å². The number of hydrogen-bond donors (Lipinski definition) is 3. The van der Waals surface area contributed by atoms with E-state index in [0.29, 0.717) is 13.1 Å². The molecule has 122 valence electrons. The minimum atomic E-state index is -0.472. The zero-order valence-electron chi connectivity index (χ0n) is 14.0. The minimum Gasteiger partial charge on any atom is -0.444 e.